The Morgan fingerprint density at radius 1 is 1.42 bits per heavy atom. The molecule has 66 valence electrons. The molecule has 1 N–H and O–H groups in total. The quantitative estimate of drug-likeness (QED) is 0.716. The first kappa shape index (κ1) is 9.26. The van der Waals surface area contributed by atoms with Crippen molar-refractivity contribution in [2.24, 2.45) is 0 Å². The van der Waals surface area contributed by atoms with Crippen LogP contribution in [0.5, 0.6) is 11.5 Å². The van der Waals surface area contributed by atoms with Crippen LogP contribution in [0.3, 0.4) is 0 Å². The molecular weight excluding hydrogens is 172 g/mol. The number of aryl methyl sites for hydroxylation is 1. The van der Waals surface area contributed by atoms with Crippen molar-refractivity contribution in [1.29, 1.82) is 0 Å². The fourth-order valence-corrected chi connectivity index (χ4v) is 1.86. The van der Waals surface area contributed by atoms with Crippen LogP contribution in [0.4, 0.5) is 0 Å². The number of ether oxygens (including phenoxy) is 1. The molecule has 0 radical (unpaired) electrons. The lowest BCUT2D eigenvalue weighted by molar-refractivity contribution is 0.397. The van der Waals surface area contributed by atoms with Crippen LogP contribution in [-0.4, -0.2) is 18.5 Å². The maximum atomic E-state index is 9.26. The molecule has 0 aliphatic carbocycles. The summed E-state index contributed by atoms with van der Waals surface area (Å²) in [6.07, 6.45) is 1.99. The Morgan fingerprint density at radius 3 is 2.58 bits per heavy atom. The van der Waals surface area contributed by atoms with Crippen LogP contribution in [0.25, 0.3) is 0 Å². The minimum absolute atomic E-state index is 0.252. The van der Waals surface area contributed by atoms with E-state index in [1.807, 2.05) is 13.2 Å². The van der Waals surface area contributed by atoms with Gasteiger partial charge in [-0.25, -0.2) is 0 Å². The first-order valence-corrected chi connectivity index (χ1v) is 4.83. The van der Waals surface area contributed by atoms with Gasteiger partial charge >= 0.3 is 0 Å². The number of hydrogen-bond acceptors (Lipinski definition) is 3. The van der Waals surface area contributed by atoms with Crippen LogP contribution in [0.2, 0.25) is 0 Å². The third-order valence-electron chi connectivity index (χ3n) is 1.65. The van der Waals surface area contributed by atoms with Crippen LogP contribution in [0, 0.1) is 6.92 Å². The normalized spacial score (nSPS) is 9.92. The Hall–Kier alpha value is -0.830. The molecule has 3 heteroatoms. The summed E-state index contributed by atoms with van der Waals surface area (Å²) < 4.78 is 5.12. The number of phenolic OH excluding ortho intramolecular Hbond substituents is 1. The molecule has 1 aromatic carbocycles. The van der Waals surface area contributed by atoms with Crippen molar-refractivity contribution in [3.05, 3.63) is 17.7 Å². The molecule has 0 aliphatic heterocycles. The Labute approximate surface area is 76.6 Å². The molecule has 2 nitrogen and oxygen atoms in total. The van der Waals surface area contributed by atoms with Gasteiger partial charge in [-0.3, -0.25) is 0 Å². The Bertz CT molecular complexity index is 284. The third kappa shape index (κ3) is 1.67. The largest absolute Gasteiger partial charge is 0.508 e. The average Bonchev–Trinajstić information content (AvgIpc) is 2.03. The number of phenols is 1. The van der Waals surface area contributed by atoms with Crippen LogP contribution >= 0.6 is 11.8 Å². The van der Waals surface area contributed by atoms with E-state index in [-0.39, 0.29) is 5.75 Å². The SMILES string of the molecule is COc1cc(O)cc(C)c1SC. The molecule has 1 aromatic rings. The van der Waals surface area contributed by atoms with E-state index < -0.39 is 0 Å². The molecule has 1 rings (SSSR count). The number of rotatable bonds is 2. The van der Waals surface area contributed by atoms with Crippen molar-refractivity contribution in [3.8, 4) is 11.5 Å². The fraction of sp³-hybridized carbons (Fsp3) is 0.333. The molecule has 0 fully saturated rings. The molecule has 0 saturated heterocycles. The zero-order chi connectivity index (χ0) is 9.14. The Balaban J connectivity index is 3.24. The zero-order valence-corrected chi connectivity index (χ0v) is 8.23. The number of methoxy groups -OCH3 is 1. The molecule has 0 bridgehead atoms. The van der Waals surface area contributed by atoms with E-state index in [4.69, 9.17) is 4.74 Å². The third-order valence-corrected chi connectivity index (χ3v) is 2.58. The predicted molar refractivity (Wildman–Crippen MR) is 51.2 cm³/mol. The second-order valence-corrected chi connectivity index (χ2v) is 3.31. The maximum Gasteiger partial charge on any atom is 0.136 e. The molecule has 0 unspecified atom stereocenters. The smallest absolute Gasteiger partial charge is 0.136 e. The van der Waals surface area contributed by atoms with Crippen molar-refractivity contribution < 1.29 is 9.84 Å². The minimum atomic E-state index is 0.252. The van der Waals surface area contributed by atoms with Crippen molar-refractivity contribution in [2.75, 3.05) is 13.4 Å². The van der Waals surface area contributed by atoms with Gasteiger partial charge in [0, 0.05) is 6.07 Å². The van der Waals surface area contributed by atoms with Gasteiger partial charge in [0.25, 0.3) is 0 Å². The van der Waals surface area contributed by atoms with Gasteiger partial charge in [0.05, 0.1) is 12.0 Å². The fourth-order valence-electron chi connectivity index (χ4n) is 1.14. The first-order chi connectivity index (χ1) is 5.69. The highest BCUT2D eigenvalue weighted by molar-refractivity contribution is 7.98. The molecule has 0 spiro atoms. The summed E-state index contributed by atoms with van der Waals surface area (Å²) >= 11 is 1.62. The number of benzene rings is 1. The van der Waals surface area contributed by atoms with Gasteiger partial charge in [-0.2, -0.15) is 0 Å². The van der Waals surface area contributed by atoms with Crippen molar-refractivity contribution in [2.45, 2.75) is 11.8 Å². The van der Waals surface area contributed by atoms with Crippen LogP contribution < -0.4 is 4.74 Å². The molecule has 0 heterocycles. The van der Waals surface area contributed by atoms with Gasteiger partial charge < -0.3 is 9.84 Å². The van der Waals surface area contributed by atoms with E-state index in [2.05, 4.69) is 0 Å². The monoisotopic (exact) mass is 184 g/mol. The van der Waals surface area contributed by atoms with Crippen molar-refractivity contribution in [1.82, 2.24) is 0 Å². The topological polar surface area (TPSA) is 29.5 Å². The lowest BCUT2D eigenvalue weighted by Crippen LogP contribution is -1.88. The Morgan fingerprint density at radius 2 is 2.08 bits per heavy atom. The van der Waals surface area contributed by atoms with Gasteiger partial charge in [0.1, 0.15) is 11.5 Å². The van der Waals surface area contributed by atoms with E-state index in [9.17, 15) is 5.11 Å². The highest BCUT2D eigenvalue weighted by atomic mass is 32.2. The highest BCUT2D eigenvalue weighted by Crippen LogP contribution is 2.34. The minimum Gasteiger partial charge on any atom is -0.508 e. The van der Waals surface area contributed by atoms with Crippen LogP contribution in [0.1, 0.15) is 5.56 Å². The second kappa shape index (κ2) is 3.72. The Kier molecular flexibility index (Phi) is 2.87. The number of aromatic hydroxyl groups is 1. The molecule has 0 atom stereocenters. The summed E-state index contributed by atoms with van der Waals surface area (Å²) in [4.78, 5) is 1.08. The summed E-state index contributed by atoms with van der Waals surface area (Å²) in [5.41, 5.74) is 1.04. The summed E-state index contributed by atoms with van der Waals surface area (Å²) in [5.74, 6) is 0.988. The maximum absolute atomic E-state index is 9.26. The molecule has 0 amide bonds. The lowest BCUT2D eigenvalue weighted by Gasteiger charge is -2.09. The van der Waals surface area contributed by atoms with E-state index >= 15 is 0 Å². The summed E-state index contributed by atoms with van der Waals surface area (Å²) in [6, 6.07) is 3.35. The summed E-state index contributed by atoms with van der Waals surface area (Å²) in [6.45, 7) is 1.95. The number of hydrogen-bond donors (Lipinski definition) is 1. The van der Waals surface area contributed by atoms with Gasteiger partial charge in [0.15, 0.2) is 0 Å². The lowest BCUT2D eigenvalue weighted by atomic mass is 10.2. The first-order valence-electron chi connectivity index (χ1n) is 3.60. The summed E-state index contributed by atoms with van der Waals surface area (Å²) in [7, 11) is 1.61. The van der Waals surface area contributed by atoms with E-state index in [1.165, 1.54) is 0 Å². The highest BCUT2D eigenvalue weighted by Gasteiger charge is 2.06. The zero-order valence-electron chi connectivity index (χ0n) is 7.42. The van der Waals surface area contributed by atoms with Gasteiger partial charge in [0.2, 0.25) is 0 Å². The van der Waals surface area contributed by atoms with Crippen LogP contribution in [0.15, 0.2) is 17.0 Å². The summed E-state index contributed by atoms with van der Waals surface area (Å²) in [5, 5.41) is 9.26. The number of thioether (sulfide) groups is 1. The van der Waals surface area contributed by atoms with E-state index in [0.29, 0.717) is 0 Å². The van der Waals surface area contributed by atoms with Crippen molar-refractivity contribution in [3.63, 3.8) is 0 Å². The van der Waals surface area contributed by atoms with Gasteiger partial charge in [-0.1, -0.05) is 0 Å². The molecule has 0 aliphatic rings. The van der Waals surface area contributed by atoms with E-state index in [0.717, 1.165) is 16.2 Å². The van der Waals surface area contributed by atoms with Crippen LogP contribution in [-0.2, 0) is 0 Å². The molecule has 0 saturated carbocycles. The van der Waals surface area contributed by atoms with E-state index in [1.54, 1.807) is 31.0 Å². The average molecular weight is 184 g/mol. The second-order valence-electron chi connectivity index (χ2n) is 2.50. The molecule has 12 heavy (non-hydrogen) atoms. The van der Waals surface area contributed by atoms with Gasteiger partial charge in [-0.15, -0.1) is 11.8 Å². The molecular formula is C9H12O2S. The standard InChI is InChI=1S/C9H12O2S/c1-6-4-7(10)5-8(11-2)9(6)12-3/h4-5,10H,1-3H3. The predicted octanol–water partition coefficient (Wildman–Crippen LogP) is 2.43. The van der Waals surface area contributed by atoms with Crippen molar-refractivity contribution >= 4 is 11.8 Å². The molecule has 0 aromatic heterocycles. The van der Waals surface area contributed by atoms with Gasteiger partial charge in [-0.05, 0) is 24.8 Å².